The number of carbonyl (C=O) groups excluding carboxylic acids is 2. The van der Waals surface area contributed by atoms with Gasteiger partial charge in [-0.1, -0.05) is 30.3 Å². The molecule has 0 aliphatic carbocycles. The molecule has 0 spiro atoms. The molecule has 6 nitrogen and oxygen atoms in total. The van der Waals surface area contributed by atoms with Crippen molar-refractivity contribution >= 4 is 12.2 Å². The highest BCUT2D eigenvalue weighted by atomic mass is 16.3. The number of H-pyrrole nitrogens is 1. The summed E-state index contributed by atoms with van der Waals surface area (Å²) in [5.74, 6) is -0.560. The number of aromatic amines is 1. The molecule has 1 amide bonds. The van der Waals surface area contributed by atoms with Crippen molar-refractivity contribution in [1.82, 2.24) is 15.3 Å². The molecule has 0 radical (unpaired) electrons. The first-order chi connectivity index (χ1) is 10.2. The van der Waals surface area contributed by atoms with Crippen LogP contribution >= 0.6 is 0 Å². The summed E-state index contributed by atoms with van der Waals surface area (Å²) in [7, 11) is 0. The minimum Gasteiger partial charge on any atom is -0.383 e. The Morgan fingerprint density at radius 1 is 1.33 bits per heavy atom. The van der Waals surface area contributed by atoms with Crippen LogP contribution in [-0.2, 0) is 22.4 Å². The topological polar surface area (TPSA) is 95.1 Å². The maximum absolute atomic E-state index is 11.9. The zero-order chi connectivity index (χ0) is 15.1. The Hall–Kier alpha value is -2.47. The van der Waals surface area contributed by atoms with Gasteiger partial charge in [0.1, 0.15) is 12.4 Å². The van der Waals surface area contributed by atoms with E-state index in [-0.39, 0.29) is 6.42 Å². The van der Waals surface area contributed by atoms with Crippen molar-refractivity contribution in [2.75, 3.05) is 0 Å². The number of hydrogen-bond acceptors (Lipinski definition) is 4. The molecule has 0 fully saturated rings. The molecule has 0 saturated heterocycles. The molecule has 2 rings (SSSR count). The number of rotatable bonds is 7. The van der Waals surface area contributed by atoms with Crippen molar-refractivity contribution in [3.05, 3.63) is 54.1 Å². The van der Waals surface area contributed by atoms with Gasteiger partial charge in [-0.25, -0.2) is 4.98 Å². The van der Waals surface area contributed by atoms with Crippen LogP contribution in [0.5, 0.6) is 0 Å². The predicted octanol–water partition coefficient (Wildman–Crippen LogP) is 0.240. The summed E-state index contributed by atoms with van der Waals surface area (Å²) in [6.07, 6.45) is 3.08. The van der Waals surface area contributed by atoms with E-state index in [0.717, 1.165) is 11.3 Å². The zero-order valence-corrected chi connectivity index (χ0v) is 11.4. The van der Waals surface area contributed by atoms with Gasteiger partial charge in [0.15, 0.2) is 0 Å². The van der Waals surface area contributed by atoms with Gasteiger partial charge < -0.3 is 20.2 Å². The number of aromatic nitrogens is 2. The second-order valence-electron chi connectivity index (χ2n) is 4.74. The van der Waals surface area contributed by atoms with Gasteiger partial charge in [0.05, 0.1) is 12.4 Å². The van der Waals surface area contributed by atoms with Crippen LogP contribution in [0.1, 0.15) is 11.3 Å². The van der Waals surface area contributed by atoms with Gasteiger partial charge in [-0.2, -0.15) is 0 Å². The van der Waals surface area contributed by atoms with Crippen LogP contribution in [0.25, 0.3) is 0 Å². The standard InChI is InChI=1S/C15H17N3O3/c19-9-13(7-12-8-16-10-17-12)18-15(21)14(20)6-11-4-2-1-3-5-11/h1-5,8-10,13-14,20H,6-7H2,(H,16,17)(H,18,21). The van der Waals surface area contributed by atoms with Crippen molar-refractivity contribution in [2.24, 2.45) is 0 Å². The van der Waals surface area contributed by atoms with Crippen LogP contribution in [0.15, 0.2) is 42.9 Å². The molecule has 0 saturated carbocycles. The van der Waals surface area contributed by atoms with Gasteiger partial charge in [-0.15, -0.1) is 0 Å². The van der Waals surface area contributed by atoms with E-state index in [1.165, 1.54) is 6.33 Å². The molecule has 1 aromatic carbocycles. The highest BCUT2D eigenvalue weighted by Gasteiger charge is 2.19. The first-order valence-electron chi connectivity index (χ1n) is 6.64. The fourth-order valence-corrected chi connectivity index (χ4v) is 1.98. The fraction of sp³-hybridized carbons (Fsp3) is 0.267. The van der Waals surface area contributed by atoms with Crippen molar-refractivity contribution in [3.8, 4) is 0 Å². The third kappa shape index (κ3) is 4.54. The van der Waals surface area contributed by atoms with Crippen molar-refractivity contribution in [2.45, 2.75) is 25.0 Å². The van der Waals surface area contributed by atoms with E-state index >= 15 is 0 Å². The van der Waals surface area contributed by atoms with Crippen molar-refractivity contribution < 1.29 is 14.7 Å². The average Bonchev–Trinajstić information content (AvgIpc) is 3.00. The second kappa shape index (κ2) is 7.35. The van der Waals surface area contributed by atoms with Gasteiger partial charge >= 0.3 is 0 Å². The molecule has 2 atom stereocenters. The Kier molecular flexibility index (Phi) is 5.22. The molecular formula is C15H17N3O3. The molecule has 1 heterocycles. The minimum atomic E-state index is -1.18. The molecule has 2 unspecified atom stereocenters. The van der Waals surface area contributed by atoms with Crippen LogP contribution in [-0.4, -0.2) is 39.4 Å². The lowest BCUT2D eigenvalue weighted by molar-refractivity contribution is -0.131. The summed E-state index contributed by atoms with van der Waals surface area (Å²) in [4.78, 5) is 29.6. The number of imidazole rings is 1. The number of aldehydes is 1. The smallest absolute Gasteiger partial charge is 0.249 e. The van der Waals surface area contributed by atoms with Crippen LogP contribution in [0, 0.1) is 0 Å². The lowest BCUT2D eigenvalue weighted by Crippen LogP contribution is -2.44. The highest BCUT2D eigenvalue weighted by molar-refractivity contribution is 5.83. The zero-order valence-electron chi connectivity index (χ0n) is 11.4. The third-order valence-corrected chi connectivity index (χ3v) is 3.06. The lowest BCUT2D eigenvalue weighted by atomic mass is 10.1. The molecule has 1 aromatic heterocycles. The maximum Gasteiger partial charge on any atom is 0.249 e. The summed E-state index contributed by atoms with van der Waals surface area (Å²) in [5, 5.41) is 12.4. The normalized spacial score (nSPS) is 13.4. The number of amides is 1. The van der Waals surface area contributed by atoms with E-state index in [2.05, 4.69) is 15.3 Å². The van der Waals surface area contributed by atoms with E-state index in [4.69, 9.17) is 0 Å². The Morgan fingerprint density at radius 3 is 2.71 bits per heavy atom. The third-order valence-electron chi connectivity index (χ3n) is 3.06. The first-order valence-corrected chi connectivity index (χ1v) is 6.64. The summed E-state index contributed by atoms with van der Waals surface area (Å²) in [6.45, 7) is 0. The van der Waals surface area contributed by atoms with Gasteiger partial charge in [-0.05, 0) is 5.56 Å². The van der Waals surface area contributed by atoms with E-state index in [1.54, 1.807) is 6.20 Å². The van der Waals surface area contributed by atoms with Crippen LogP contribution < -0.4 is 5.32 Å². The summed E-state index contributed by atoms with van der Waals surface area (Å²) in [5.41, 5.74) is 1.60. The number of benzene rings is 1. The second-order valence-corrected chi connectivity index (χ2v) is 4.74. The van der Waals surface area contributed by atoms with Crippen molar-refractivity contribution in [3.63, 3.8) is 0 Å². The summed E-state index contributed by atoms with van der Waals surface area (Å²) >= 11 is 0. The van der Waals surface area contributed by atoms with Crippen molar-refractivity contribution in [1.29, 1.82) is 0 Å². The number of nitrogens with zero attached hydrogens (tertiary/aromatic N) is 1. The van der Waals surface area contributed by atoms with Gasteiger partial charge in [0, 0.05) is 24.7 Å². The molecule has 21 heavy (non-hydrogen) atoms. The monoisotopic (exact) mass is 287 g/mol. The number of aliphatic hydroxyl groups is 1. The average molecular weight is 287 g/mol. The number of nitrogens with one attached hydrogen (secondary N) is 2. The quantitative estimate of drug-likeness (QED) is 0.636. The Morgan fingerprint density at radius 2 is 2.10 bits per heavy atom. The molecule has 0 aliphatic rings. The molecular weight excluding hydrogens is 270 g/mol. The largest absolute Gasteiger partial charge is 0.383 e. The molecule has 0 bridgehead atoms. The number of hydrogen-bond donors (Lipinski definition) is 3. The lowest BCUT2D eigenvalue weighted by Gasteiger charge is -2.15. The highest BCUT2D eigenvalue weighted by Crippen LogP contribution is 2.04. The predicted molar refractivity (Wildman–Crippen MR) is 76.4 cm³/mol. The molecule has 3 N–H and O–H groups in total. The molecule has 6 heteroatoms. The van der Waals surface area contributed by atoms with Gasteiger partial charge in [0.25, 0.3) is 0 Å². The number of carbonyl (C=O) groups is 2. The molecule has 110 valence electrons. The van der Waals surface area contributed by atoms with Crippen LogP contribution in [0.4, 0.5) is 0 Å². The van der Waals surface area contributed by atoms with E-state index in [0.29, 0.717) is 12.7 Å². The maximum atomic E-state index is 11.9. The van der Waals surface area contributed by atoms with Gasteiger partial charge in [0.2, 0.25) is 5.91 Å². The van der Waals surface area contributed by atoms with E-state index < -0.39 is 18.1 Å². The Balaban J connectivity index is 1.88. The number of aliphatic hydroxyl groups excluding tert-OH is 1. The van der Waals surface area contributed by atoms with E-state index in [9.17, 15) is 14.7 Å². The fourth-order valence-electron chi connectivity index (χ4n) is 1.98. The molecule has 2 aromatic rings. The van der Waals surface area contributed by atoms with Crippen LogP contribution in [0.3, 0.4) is 0 Å². The first kappa shape index (κ1) is 14.9. The SMILES string of the molecule is O=CC(Cc1cnc[nH]1)NC(=O)C(O)Cc1ccccc1. The minimum absolute atomic E-state index is 0.211. The van der Waals surface area contributed by atoms with Crippen LogP contribution in [0.2, 0.25) is 0 Å². The van der Waals surface area contributed by atoms with E-state index in [1.807, 2.05) is 30.3 Å². The summed E-state index contributed by atoms with van der Waals surface area (Å²) in [6, 6.07) is 8.52. The molecule has 0 aliphatic heterocycles. The Bertz CT molecular complexity index is 569. The summed E-state index contributed by atoms with van der Waals surface area (Å²) < 4.78 is 0. The Labute approximate surface area is 122 Å². The van der Waals surface area contributed by atoms with Gasteiger partial charge in [-0.3, -0.25) is 4.79 Å².